The maximum Gasteiger partial charge on any atom is 0.488 e. The molecule has 1 amide bonds. The molecule has 10 nitrogen and oxygen atoms in total. The Balaban J connectivity index is 1.26. The van der Waals surface area contributed by atoms with Crippen molar-refractivity contribution >= 4 is 22.1 Å². The summed E-state index contributed by atoms with van der Waals surface area (Å²) in [6.45, 7) is 0.773. The molecule has 12 heteroatoms. The number of aromatic nitrogens is 1. The minimum absolute atomic E-state index is 0.0394. The van der Waals surface area contributed by atoms with Crippen molar-refractivity contribution in [1.82, 2.24) is 26.5 Å². The van der Waals surface area contributed by atoms with Gasteiger partial charge in [0.05, 0.1) is 12.3 Å². The number of nitrogens with zero attached hydrogens (tertiary/aromatic N) is 1. The van der Waals surface area contributed by atoms with E-state index in [0.717, 1.165) is 11.3 Å². The highest BCUT2D eigenvalue weighted by Gasteiger charge is 2.23. The van der Waals surface area contributed by atoms with Crippen molar-refractivity contribution < 1.29 is 21.3 Å². The first-order valence-corrected chi connectivity index (χ1v) is 12.2. The number of hydrogen-bond donors (Lipinski definition) is 5. The van der Waals surface area contributed by atoms with Gasteiger partial charge in [-0.05, 0) is 53.9 Å². The summed E-state index contributed by atoms with van der Waals surface area (Å²) in [4.78, 5) is 16.6. The molecule has 3 aromatic rings. The summed E-state index contributed by atoms with van der Waals surface area (Å²) in [6, 6.07) is 17.1. The standard InChI is InChI=1S/C23H25FN6O4S/c24-35(32,33)34-20-7-2-1-4-16(20)10-13-26-23(31)18-5-3-6-19(14-18)27-15-21-28-22(30-29-21)17-8-11-25-12-9-17/h1-9,11-12,14,21-22,27-30H,10,13,15H2,(H,26,31). The lowest BCUT2D eigenvalue weighted by atomic mass is 10.1. The first-order chi connectivity index (χ1) is 16.9. The molecule has 1 aliphatic heterocycles. The van der Waals surface area contributed by atoms with Gasteiger partial charge in [-0.15, -0.1) is 0 Å². The van der Waals surface area contributed by atoms with Crippen molar-refractivity contribution in [2.45, 2.75) is 18.8 Å². The molecule has 1 aliphatic rings. The molecule has 0 bridgehead atoms. The van der Waals surface area contributed by atoms with Crippen LogP contribution in [-0.4, -0.2) is 38.6 Å². The molecule has 1 aromatic heterocycles. The number of halogens is 1. The molecule has 0 spiro atoms. The second-order valence-corrected chi connectivity index (χ2v) is 8.73. The Kier molecular flexibility index (Phi) is 7.87. The fraction of sp³-hybridized carbons (Fsp3) is 0.217. The van der Waals surface area contributed by atoms with Gasteiger partial charge in [0.25, 0.3) is 5.91 Å². The van der Waals surface area contributed by atoms with Crippen molar-refractivity contribution in [2.75, 3.05) is 18.4 Å². The predicted molar refractivity (Wildman–Crippen MR) is 128 cm³/mol. The van der Waals surface area contributed by atoms with E-state index in [1.54, 1.807) is 42.7 Å². The number of carbonyl (C=O) groups excluding carboxylic acids is 1. The molecule has 0 aliphatic carbocycles. The number of anilines is 1. The number of pyridine rings is 1. The van der Waals surface area contributed by atoms with Crippen molar-refractivity contribution in [2.24, 2.45) is 0 Å². The van der Waals surface area contributed by atoms with Crippen molar-refractivity contribution in [1.29, 1.82) is 0 Å². The molecule has 2 unspecified atom stereocenters. The van der Waals surface area contributed by atoms with Crippen LogP contribution in [-0.2, 0) is 16.9 Å². The summed E-state index contributed by atoms with van der Waals surface area (Å²) in [5.74, 6) is -0.396. The minimum Gasteiger partial charge on any atom is -0.382 e. The van der Waals surface area contributed by atoms with E-state index in [1.165, 1.54) is 12.1 Å². The maximum atomic E-state index is 12.9. The van der Waals surface area contributed by atoms with Crippen LogP contribution in [0.3, 0.4) is 0 Å². The smallest absolute Gasteiger partial charge is 0.382 e. The van der Waals surface area contributed by atoms with E-state index in [0.29, 0.717) is 17.7 Å². The Hall–Kier alpha value is -3.58. The van der Waals surface area contributed by atoms with Crippen LogP contribution in [0.5, 0.6) is 5.75 Å². The van der Waals surface area contributed by atoms with E-state index in [2.05, 4.69) is 36.0 Å². The van der Waals surface area contributed by atoms with Gasteiger partial charge in [-0.25, -0.2) is 10.9 Å². The zero-order valence-electron chi connectivity index (χ0n) is 18.6. The third kappa shape index (κ3) is 7.20. The van der Waals surface area contributed by atoms with E-state index >= 15 is 0 Å². The lowest BCUT2D eigenvalue weighted by Crippen LogP contribution is -2.39. The normalized spacial score (nSPS) is 17.6. The molecular weight excluding hydrogens is 475 g/mol. The van der Waals surface area contributed by atoms with Gasteiger partial charge in [-0.3, -0.25) is 15.1 Å². The molecule has 0 saturated carbocycles. The number of hydrazine groups is 1. The lowest BCUT2D eigenvalue weighted by Gasteiger charge is -2.14. The molecule has 35 heavy (non-hydrogen) atoms. The summed E-state index contributed by atoms with van der Waals surface area (Å²) in [6.07, 6.45) is 3.66. The monoisotopic (exact) mass is 500 g/mol. The molecule has 4 rings (SSSR count). The van der Waals surface area contributed by atoms with Crippen molar-refractivity contribution in [3.05, 3.63) is 89.7 Å². The molecule has 1 saturated heterocycles. The van der Waals surface area contributed by atoms with E-state index in [4.69, 9.17) is 0 Å². The van der Waals surface area contributed by atoms with E-state index in [-0.39, 0.29) is 37.0 Å². The highest BCUT2D eigenvalue weighted by molar-refractivity contribution is 7.81. The molecule has 1 fully saturated rings. The van der Waals surface area contributed by atoms with Crippen LogP contribution in [0.1, 0.15) is 27.7 Å². The van der Waals surface area contributed by atoms with Gasteiger partial charge in [0.1, 0.15) is 5.75 Å². The summed E-state index contributed by atoms with van der Waals surface area (Å²) < 4.78 is 38.8. The van der Waals surface area contributed by atoms with Crippen LogP contribution < -0.4 is 31.0 Å². The minimum atomic E-state index is -5.13. The fourth-order valence-electron chi connectivity index (χ4n) is 3.62. The van der Waals surface area contributed by atoms with E-state index < -0.39 is 10.5 Å². The zero-order valence-corrected chi connectivity index (χ0v) is 19.4. The average Bonchev–Trinajstić information content (AvgIpc) is 3.33. The SMILES string of the molecule is O=C(NCCc1ccccc1OS(=O)(=O)F)c1cccc(NCC2NNC(c3ccncc3)N2)c1. The van der Waals surface area contributed by atoms with Gasteiger partial charge < -0.3 is 14.8 Å². The Morgan fingerprint density at radius 1 is 1.06 bits per heavy atom. The topological polar surface area (TPSA) is 133 Å². The van der Waals surface area contributed by atoms with Crippen LogP contribution in [0.25, 0.3) is 0 Å². The van der Waals surface area contributed by atoms with Gasteiger partial charge in [0.2, 0.25) is 0 Å². The van der Waals surface area contributed by atoms with Gasteiger partial charge in [0, 0.05) is 36.7 Å². The van der Waals surface area contributed by atoms with Crippen LogP contribution in [0, 0.1) is 0 Å². The molecule has 2 atom stereocenters. The molecule has 184 valence electrons. The van der Waals surface area contributed by atoms with Gasteiger partial charge in [0.15, 0.2) is 0 Å². The second kappa shape index (κ2) is 11.2. The molecule has 5 N–H and O–H groups in total. The first-order valence-electron chi connectivity index (χ1n) is 10.9. The van der Waals surface area contributed by atoms with Crippen molar-refractivity contribution in [3.63, 3.8) is 0 Å². The number of nitrogens with one attached hydrogen (secondary N) is 5. The second-order valence-electron chi connectivity index (χ2n) is 7.77. The van der Waals surface area contributed by atoms with Gasteiger partial charge in [-0.1, -0.05) is 28.2 Å². The molecule has 2 aromatic carbocycles. The Labute approximate surface area is 202 Å². The average molecular weight is 501 g/mol. The molecule has 2 heterocycles. The van der Waals surface area contributed by atoms with Crippen LogP contribution >= 0.6 is 0 Å². The van der Waals surface area contributed by atoms with Crippen LogP contribution in [0.2, 0.25) is 0 Å². The number of rotatable bonds is 10. The highest BCUT2D eigenvalue weighted by atomic mass is 32.3. The number of hydrogen-bond acceptors (Lipinski definition) is 9. The summed E-state index contributed by atoms with van der Waals surface area (Å²) in [7, 11) is -5.13. The third-order valence-electron chi connectivity index (χ3n) is 5.29. The molecular formula is C23H25FN6O4S. The fourth-order valence-corrected chi connectivity index (χ4v) is 3.99. The Morgan fingerprint density at radius 3 is 2.66 bits per heavy atom. The van der Waals surface area contributed by atoms with E-state index in [9.17, 15) is 17.1 Å². The summed E-state index contributed by atoms with van der Waals surface area (Å²) >= 11 is 0. The predicted octanol–water partition coefficient (Wildman–Crippen LogP) is 1.78. The number of carbonyl (C=O) groups is 1. The quantitative estimate of drug-likeness (QED) is 0.264. The third-order valence-corrected chi connectivity index (χ3v) is 5.66. The number of para-hydroxylation sites is 1. The highest BCUT2D eigenvalue weighted by Crippen LogP contribution is 2.21. The van der Waals surface area contributed by atoms with Crippen LogP contribution in [0.4, 0.5) is 9.57 Å². The Bertz CT molecular complexity index is 1260. The van der Waals surface area contributed by atoms with Crippen molar-refractivity contribution in [3.8, 4) is 5.75 Å². The maximum absolute atomic E-state index is 12.9. The van der Waals surface area contributed by atoms with Crippen LogP contribution in [0.15, 0.2) is 73.1 Å². The van der Waals surface area contributed by atoms with E-state index in [1.807, 2.05) is 18.2 Å². The largest absolute Gasteiger partial charge is 0.488 e. The summed E-state index contributed by atoms with van der Waals surface area (Å²) in [5, 5.41) is 9.49. The lowest BCUT2D eigenvalue weighted by molar-refractivity contribution is 0.0954. The summed E-state index contributed by atoms with van der Waals surface area (Å²) in [5.41, 5.74) is 9.13. The van der Waals surface area contributed by atoms with Gasteiger partial charge in [-0.2, -0.15) is 8.42 Å². The zero-order chi connectivity index (χ0) is 24.7. The molecule has 0 radical (unpaired) electrons. The number of amides is 1. The van der Waals surface area contributed by atoms with Gasteiger partial charge >= 0.3 is 10.5 Å². The Morgan fingerprint density at radius 2 is 1.86 bits per heavy atom. The first kappa shape index (κ1) is 24.5. The number of benzene rings is 2.